The van der Waals surface area contributed by atoms with Gasteiger partial charge in [0.15, 0.2) is 6.10 Å². The zero-order chi connectivity index (χ0) is 40.8. The van der Waals surface area contributed by atoms with Gasteiger partial charge in [-0.2, -0.15) is 0 Å². The van der Waals surface area contributed by atoms with Crippen molar-refractivity contribution in [3.8, 4) is 0 Å². The molecule has 0 aromatic heterocycles. The second-order valence-corrected chi connectivity index (χ2v) is 16.0. The van der Waals surface area contributed by atoms with Crippen molar-refractivity contribution in [2.75, 3.05) is 13.2 Å². The van der Waals surface area contributed by atoms with Gasteiger partial charge in [-0.25, -0.2) is 0 Å². The maximum atomic E-state index is 12.7. The smallest absolute Gasteiger partial charge is 0.306 e. The van der Waals surface area contributed by atoms with Crippen LogP contribution >= 0.6 is 0 Å². The molecule has 0 rings (SSSR count). The first-order valence-corrected chi connectivity index (χ1v) is 24.0. The fourth-order valence-corrected chi connectivity index (χ4v) is 6.74. The first-order valence-electron chi connectivity index (χ1n) is 24.0. The van der Waals surface area contributed by atoms with E-state index in [-0.39, 0.29) is 31.1 Å². The summed E-state index contributed by atoms with van der Waals surface area (Å²) in [4.78, 5) is 37.6. The van der Waals surface area contributed by atoms with Crippen molar-refractivity contribution in [2.24, 2.45) is 0 Å². The lowest BCUT2D eigenvalue weighted by Gasteiger charge is -2.18. The van der Waals surface area contributed by atoms with Gasteiger partial charge in [-0.15, -0.1) is 0 Å². The van der Waals surface area contributed by atoms with E-state index in [1.54, 1.807) is 0 Å². The Morgan fingerprint density at radius 2 is 0.643 bits per heavy atom. The van der Waals surface area contributed by atoms with Crippen LogP contribution in [0.4, 0.5) is 0 Å². The molecule has 56 heavy (non-hydrogen) atoms. The highest BCUT2D eigenvalue weighted by atomic mass is 16.6. The van der Waals surface area contributed by atoms with Crippen molar-refractivity contribution in [1.82, 2.24) is 0 Å². The van der Waals surface area contributed by atoms with Crippen molar-refractivity contribution in [1.29, 1.82) is 0 Å². The molecule has 6 nitrogen and oxygen atoms in total. The molecule has 0 aliphatic heterocycles. The van der Waals surface area contributed by atoms with E-state index >= 15 is 0 Å². The molecule has 0 spiro atoms. The number of carbonyl (C=O) groups is 3. The Kier molecular flexibility index (Phi) is 43.4. The normalized spacial score (nSPS) is 12.3. The van der Waals surface area contributed by atoms with E-state index in [0.29, 0.717) is 19.3 Å². The van der Waals surface area contributed by atoms with Crippen LogP contribution in [0.3, 0.4) is 0 Å². The molecular weight excluding hydrogens is 697 g/mol. The molecule has 0 aromatic rings. The Hall–Kier alpha value is -2.37. The molecule has 0 aliphatic carbocycles. The van der Waals surface area contributed by atoms with Gasteiger partial charge in [0.05, 0.1) is 0 Å². The van der Waals surface area contributed by atoms with Crippen molar-refractivity contribution < 1.29 is 28.6 Å². The van der Waals surface area contributed by atoms with E-state index in [1.807, 2.05) is 0 Å². The summed E-state index contributed by atoms with van der Waals surface area (Å²) >= 11 is 0. The number of ether oxygens (including phenoxy) is 3. The molecule has 6 heteroatoms. The van der Waals surface area contributed by atoms with E-state index in [2.05, 4.69) is 57.2 Å². The Bertz CT molecular complexity index is 953. The zero-order valence-electron chi connectivity index (χ0n) is 37.2. The second-order valence-electron chi connectivity index (χ2n) is 16.0. The van der Waals surface area contributed by atoms with Crippen molar-refractivity contribution in [3.63, 3.8) is 0 Å². The van der Waals surface area contributed by atoms with Crippen LogP contribution in [0.1, 0.15) is 245 Å². The third-order valence-electron chi connectivity index (χ3n) is 10.4. The molecule has 0 aliphatic rings. The lowest BCUT2D eigenvalue weighted by Crippen LogP contribution is -2.30. The average Bonchev–Trinajstić information content (AvgIpc) is 3.19. The van der Waals surface area contributed by atoms with Crippen LogP contribution in [0.2, 0.25) is 0 Å². The van der Waals surface area contributed by atoms with Crippen LogP contribution in [0.25, 0.3) is 0 Å². The SMILES string of the molecule is CCCCC/C=C\C/C=C\C/C=C\CCCCCCCCC(=O)OCC(COC(=O)CCCCCCCC)OC(=O)CCCCCCCCCCCCCCC. The summed E-state index contributed by atoms with van der Waals surface area (Å²) in [6, 6.07) is 0. The minimum atomic E-state index is -0.769. The van der Waals surface area contributed by atoms with Gasteiger partial charge >= 0.3 is 17.9 Å². The van der Waals surface area contributed by atoms with E-state index in [1.165, 1.54) is 128 Å². The van der Waals surface area contributed by atoms with Crippen LogP contribution in [-0.4, -0.2) is 37.2 Å². The highest BCUT2D eigenvalue weighted by Gasteiger charge is 2.19. The summed E-state index contributed by atoms with van der Waals surface area (Å²) in [6.45, 7) is 6.54. The molecule has 0 heterocycles. The summed E-state index contributed by atoms with van der Waals surface area (Å²) in [6.07, 6.45) is 51.4. The van der Waals surface area contributed by atoms with E-state index in [4.69, 9.17) is 14.2 Å². The molecule has 0 saturated heterocycles. The number of unbranched alkanes of at least 4 members (excludes halogenated alkanes) is 26. The molecule has 0 radical (unpaired) electrons. The molecule has 326 valence electrons. The fourth-order valence-electron chi connectivity index (χ4n) is 6.74. The largest absolute Gasteiger partial charge is 0.462 e. The number of hydrogen-bond donors (Lipinski definition) is 0. The van der Waals surface area contributed by atoms with Crippen LogP contribution in [0, 0.1) is 0 Å². The number of carbonyl (C=O) groups excluding carboxylic acids is 3. The molecule has 0 aromatic carbocycles. The molecule has 0 fully saturated rings. The maximum absolute atomic E-state index is 12.7. The molecule has 0 amide bonds. The molecule has 0 bridgehead atoms. The van der Waals surface area contributed by atoms with Gasteiger partial charge in [-0.1, -0.05) is 205 Å². The minimum absolute atomic E-state index is 0.0744. The van der Waals surface area contributed by atoms with E-state index < -0.39 is 6.10 Å². The Labute approximate surface area is 346 Å². The van der Waals surface area contributed by atoms with Crippen LogP contribution in [-0.2, 0) is 28.6 Å². The fraction of sp³-hybridized carbons (Fsp3) is 0.820. The van der Waals surface area contributed by atoms with Gasteiger partial charge in [0, 0.05) is 19.3 Å². The predicted molar refractivity (Wildman–Crippen MR) is 238 cm³/mol. The van der Waals surface area contributed by atoms with Crippen molar-refractivity contribution in [2.45, 2.75) is 252 Å². The average molecular weight is 787 g/mol. The minimum Gasteiger partial charge on any atom is -0.462 e. The van der Waals surface area contributed by atoms with Crippen LogP contribution in [0.5, 0.6) is 0 Å². The van der Waals surface area contributed by atoms with Gasteiger partial charge in [-0.3, -0.25) is 14.4 Å². The lowest BCUT2D eigenvalue weighted by molar-refractivity contribution is -0.167. The zero-order valence-corrected chi connectivity index (χ0v) is 37.2. The van der Waals surface area contributed by atoms with Gasteiger partial charge in [0.1, 0.15) is 13.2 Å². The number of allylic oxidation sites excluding steroid dienone is 6. The highest BCUT2D eigenvalue weighted by molar-refractivity contribution is 5.71. The molecule has 1 unspecified atom stereocenters. The second kappa shape index (κ2) is 45.3. The molecule has 0 N–H and O–H groups in total. The summed E-state index contributed by atoms with van der Waals surface area (Å²) in [5, 5.41) is 0. The lowest BCUT2D eigenvalue weighted by atomic mass is 10.0. The first-order chi connectivity index (χ1) is 27.5. The van der Waals surface area contributed by atoms with Gasteiger partial charge in [0.2, 0.25) is 0 Å². The van der Waals surface area contributed by atoms with Crippen molar-refractivity contribution >= 4 is 17.9 Å². The number of esters is 3. The Balaban J connectivity index is 4.23. The Morgan fingerprint density at radius 3 is 1.04 bits per heavy atom. The third kappa shape index (κ3) is 42.8. The predicted octanol–water partition coefficient (Wildman–Crippen LogP) is 15.4. The monoisotopic (exact) mass is 787 g/mol. The Morgan fingerprint density at radius 1 is 0.357 bits per heavy atom. The topological polar surface area (TPSA) is 78.9 Å². The number of hydrogen-bond acceptors (Lipinski definition) is 6. The first kappa shape index (κ1) is 53.6. The quantitative estimate of drug-likeness (QED) is 0.0265. The molecule has 1 atom stereocenters. The van der Waals surface area contributed by atoms with E-state index in [9.17, 15) is 14.4 Å². The van der Waals surface area contributed by atoms with Gasteiger partial charge < -0.3 is 14.2 Å². The number of rotatable bonds is 43. The highest BCUT2D eigenvalue weighted by Crippen LogP contribution is 2.15. The van der Waals surface area contributed by atoms with E-state index in [0.717, 1.165) is 77.0 Å². The summed E-state index contributed by atoms with van der Waals surface area (Å²) < 4.78 is 16.7. The van der Waals surface area contributed by atoms with Crippen LogP contribution in [0.15, 0.2) is 36.5 Å². The van der Waals surface area contributed by atoms with Crippen molar-refractivity contribution in [3.05, 3.63) is 36.5 Å². The molecular formula is C50H90O6. The maximum Gasteiger partial charge on any atom is 0.306 e. The summed E-state index contributed by atoms with van der Waals surface area (Å²) in [7, 11) is 0. The summed E-state index contributed by atoms with van der Waals surface area (Å²) in [5.74, 6) is -0.891. The van der Waals surface area contributed by atoms with Gasteiger partial charge in [-0.05, 0) is 57.8 Å². The summed E-state index contributed by atoms with van der Waals surface area (Å²) in [5.41, 5.74) is 0. The molecule has 0 saturated carbocycles. The standard InChI is InChI=1S/C50H90O6/c1-4-7-10-13-16-18-20-22-23-24-25-26-27-29-30-32-34-37-40-43-49(52)55-46-47(45-54-48(51)42-39-36-15-12-9-6-3)56-50(53)44-41-38-35-33-31-28-21-19-17-14-11-8-5-2/h16,18,22-23,25-26,47H,4-15,17,19-21,24,27-46H2,1-3H3/b18-16-,23-22-,26-25-. The third-order valence-corrected chi connectivity index (χ3v) is 10.4. The van der Waals surface area contributed by atoms with Crippen LogP contribution < -0.4 is 0 Å². The van der Waals surface area contributed by atoms with Gasteiger partial charge in [0.25, 0.3) is 0 Å².